The van der Waals surface area contributed by atoms with Crippen LogP contribution in [0.3, 0.4) is 0 Å². The van der Waals surface area contributed by atoms with Gasteiger partial charge in [0.2, 0.25) is 0 Å². The van der Waals surface area contributed by atoms with Gasteiger partial charge in [0.05, 0.1) is 0 Å². The van der Waals surface area contributed by atoms with Crippen LogP contribution < -0.4 is 0 Å². The van der Waals surface area contributed by atoms with Gasteiger partial charge in [0.25, 0.3) is 0 Å². The summed E-state index contributed by atoms with van der Waals surface area (Å²) in [6.45, 7) is 1.70. The van der Waals surface area contributed by atoms with E-state index in [2.05, 4.69) is 4.99 Å². The van der Waals surface area contributed by atoms with Crippen molar-refractivity contribution in [1.82, 2.24) is 0 Å². The summed E-state index contributed by atoms with van der Waals surface area (Å²) in [4.78, 5) is 13.7. The number of nitrogens with zero attached hydrogens (tertiary/aromatic N) is 1. The summed E-state index contributed by atoms with van der Waals surface area (Å²) in [6, 6.07) is -0.773. The summed E-state index contributed by atoms with van der Waals surface area (Å²) in [7, 11) is 0.464. The third kappa shape index (κ3) is 3.12. The van der Waals surface area contributed by atoms with Crippen LogP contribution in [0.1, 0.15) is 13.3 Å². The molecule has 0 fully saturated rings. The summed E-state index contributed by atoms with van der Waals surface area (Å²) in [5.41, 5.74) is 0. The molecule has 0 heterocycles. The molecule has 0 unspecified atom stereocenters. The maximum atomic E-state index is 10.2. The number of hydrogen-bond donors (Lipinski definition) is 1. The summed E-state index contributed by atoms with van der Waals surface area (Å²) in [5.74, 6) is -0.999. The fourth-order valence-corrected chi connectivity index (χ4v) is 0.483. The van der Waals surface area contributed by atoms with Crippen molar-refractivity contribution in [2.75, 3.05) is 0 Å². The van der Waals surface area contributed by atoms with Gasteiger partial charge in [-0.1, -0.05) is 0 Å². The van der Waals surface area contributed by atoms with E-state index in [-0.39, 0.29) is 0 Å². The van der Waals surface area contributed by atoms with Crippen molar-refractivity contribution in [1.29, 1.82) is 0 Å². The van der Waals surface area contributed by atoms with E-state index < -0.39 is 12.0 Å². The van der Waals surface area contributed by atoms with Crippen LogP contribution in [0.4, 0.5) is 0 Å². The second-order valence-corrected chi connectivity index (χ2v) is 1.70. The normalized spacial score (nSPS) is 12.9. The van der Waals surface area contributed by atoms with E-state index in [1.165, 1.54) is 0 Å². The average Bonchev–Trinajstić information content (AvgIpc) is 1.89. The van der Waals surface area contributed by atoms with Crippen LogP contribution in [0.15, 0.2) is 4.99 Å². The van der Waals surface area contributed by atoms with Crippen LogP contribution >= 0.6 is 0 Å². The summed E-state index contributed by atoms with van der Waals surface area (Å²) < 4.78 is 9.71. The topological polar surface area (TPSA) is 66.7 Å². The zero-order chi connectivity index (χ0) is 7.98. The quantitative estimate of drug-likeness (QED) is 0.440. The number of carboxylic acids is 1. The molecular weight excluding hydrogens is 133 g/mol. The molecule has 0 amide bonds. The number of carboxylic acid groups (broad SMARTS) is 1. The second-order valence-electron chi connectivity index (χ2n) is 1.70. The summed E-state index contributed by atoms with van der Waals surface area (Å²) in [5, 5.41) is 8.37. The number of aliphatic imine (C=N–C) groups is 1. The second kappa shape index (κ2) is 4.84. The molecule has 0 aliphatic heterocycles. The molecule has 0 aromatic rings. The van der Waals surface area contributed by atoms with Crippen LogP contribution in [0.5, 0.6) is 0 Å². The van der Waals surface area contributed by atoms with Crippen LogP contribution in [-0.2, 0) is 9.50 Å². The Bertz CT molecular complexity index is 157. The molecule has 0 aliphatic rings. The molecule has 0 saturated heterocycles. The first kappa shape index (κ1) is 9.00. The van der Waals surface area contributed by atoms with Crippen molar-refractivity contribution in [2.45, 2.75) is 19.4 Å². The third-order valence-electron chi connectivity index (χ3n) is 0.999. The molecule has 0 radical (unpaired) electrons. The van der Waals surface area contributed by atoms with Gasteiger partial charge in [-0.05, 0) is 0 Å². The molecule has 4 nitrogen and oxygen atoms in total. The SMILES string of the molecule is CC[C@@H](N=CB=O)C(=O)O. The minimum atomic E-state index is -0.999. The van der Waals surface area contributed by atoms with Gasteiger partial charge in [-0.25, -0.2) is 0 Å². The van der Waals surface area contributed by atoms with Crippen molar-refractivity contribution in [2.24, 2.45) is 4.99 Å². The van der Waals surface area contributed by atoms with E-state index in [0.29, 0.717) is 13.6 Å². The molecule has 0 bridgehead atoms. The molecule has 0 aromatic heterocycles. The molecular formula is C5H8BNO3. The van der Waals surface area contributed by atoms with E-state index in [0.717, 1.165) is 6.11 Å². The van der Waals surface area contributed by atoms with Gasteiger partial charge < -0.3 is 0 Å². The van der Waals surface area contributed by atoms with Gasteiger partial charge in [-0.3, -0.25) is 0 Å². The fraction of sp³-hybridized carbons (Fsp3) is 0.600. The monoisotopic (exact) mass is 141 g/mol. The van der Waals surface area contributed by atoms with Crippen LogP contribution in [0.25, 0.3) is 0 Å². The Morgan fingerprint density at radius 1 is 1.90 bits per heavy atom. The van der Waals surface area contributed by atoms with Crippen molar-refractivity contribution in [3.05, 3.63) is 0 Å². The number of carbonyl (C=O) groups is 1. The van der Waals surface area contributed by atoms with E-state index in [4.69, 9.17) is 5.11 Å². The summed E-state index contributed by atoms with van der Waals surface area (Å²) in [6.07, 6.45) is 1.36. The zero-order valence-electron chi connectivity index (χ0n) is 5.65. The van der Waals surface area contributed by atoms with Gasteiger partial charge in [0, 0.05) is 0 Å². The molecule has 0 spiro atoms. The molecule has 5 heteroatoms. The van der Waals surface area contributed by atoms with Gasteiger partial charge in [-0.2, -0.15) is 0 Å². The fourth-order valence-electron chi connectivity index (χ4n) is 0.483. The Morgan fingerprint density at radius 3 is 2.80 bits per heavy atom. The first-order chi connectivity index (χ1) is 4.72. The third-order valence-corrected chi connectivity index (χ3v) is 0.999. The van der Waals surface area contributed by atoms with E-state index in [1.807, 2.05) is 0 Å². The minimum absolute atomic E-state index is 0.402. The molecule has 54 valence electrons. The average molecular weight is 141 g/mol. The van der Waals surface area contributed by atoms with Gasteiger partial charge in [0.15, 0.2) is 0 Å². The maximum absolute atomic E-state index is 10.2. The Kier molecular flexibility index (Phi) is 4.36. The number of aliphatic carboxylic acids is 1. The van der Waals surface area contributed by atoms with Crippen molar-refractivity contribution in [3.63, 3.8) is 0 Å². The molecule has 0 aromatic carbocycles. The molecule has 1 atom stereocenters. The van der Waals surface area contributed by atoms with Crippen molar-refractivity contribution < 1.29 is 14.6 Å². The predicted molar refractivity (Wildman–Crippen MR) is 36.6 cm³/mol. The van der Waals surface area contributed by atoms with Crippen LogP contribution in [0, 0.1) is 0 Å². The summed E-state index contributed by atoms with van der Waals surface area (Å²) >= 11 is 0. The van der Waals surface area contributed by atoms with Gasteiger partial charge in [0.1, 0.15) is 0 Å². The van der Waals surface area contributed by atoms with Crippen LogP contribution in [-0.4, -0.2) is 30.4 Å². The first-order valence-electron chi connectivity index (χ1n) is 2.92. The Morgan fingerprint density at radius 2 is 2.50 bits per heavy atom. The number of hydrogen-bond acceptors (Lipinski definition) is 3. The zero-order valence-corrected chi connectivity index (χ0v) is 5.65. The Hall–Kier alpha value is -0.995. The predicted octanol–water partition coefficient (Wildman–Crippen LogP) is -0.0724. The van der Waals surface area contributed by atoms with Gasteiger partial charge in [-0.15, -0.1) is 0 Å². The number of rotatable bonds is 4. The van der Waals surface area contributed by atoms with Crippen molar-refractivity contribution in [3.8, 4) is 0 Å². The van der Waals surface area contributed by atoms with E-state index in [9.17, 15) is 9.50 Å². The van der Waals surface area contributed by atoms with E-state index in [1.54, 1.807) is 6.92 Å². The van der Waals surface area contributed by atoms with Crippen molar-refractivity contribution >= 4 is 19.2 Å². The molecule has 0 saturated carbocycles. The Balaban J connectivity index is 3.94. The van der Waals surface area contributed by atoms with E-state index >= 15 is 0 Å². The molecule has 1 N–H and O–H groups in total. The molecule has 0 aliphatic carbocycles. The standard InChI is InChI=1S/C5H8BNO3/c1-2-4(5(8)9)7-3-6-10/h3-4H,2H2,1H3,(H,8,9)/t4-/m1/s1. The first-order valence-corrected chi connectivity index (χ1v) is 2.92. The molecule has 10 heavy (non-hydrogen) atoms. The molecule has 0 rings (SSSR count). The Labute approximate surface area is 59.2 Å². The van der Waals surface area contributed by atoms with Crippen LogP contribution in [0.2, 0.25) is 0 Å². The van der Waals surface area contributed by atoms with Gasteiger partial charge >= 0.3 is 58.2 Å².